The zero-order valence-corrected chi connectivity index (χ0v) is 11.0. The second-order valence-electron chi connectivity index (χ2n) is 5.54. The van der Waals surface area contributed by atoms with Crippen LogP contribution in [0.2, 0.25) is 0 Å². The largest absolute Gasteiger partial charge is 0.355 e. The van der Waals surface area contributed by atoms with Crippen molar-refractivity contribution in [3.63, 3.8) is 0 Å². The number of nitrogens with one attached hydrogen (secondary N) is 2. The maximum atomic E-state index is 12.2. The second-order valence-corrected chi connectivity index (χ2v) is 5.54. The quantitative estimate of drug-likeness (QED) is 0.871. The van der Waals surface area contributed by atoms with E-state index in [1.54, 1.807) is 25.2 Å². The van der Waals surface area contributed by atoms with E-state index in [1.807, 2.05) is 6.07 Å². The number of para-hydroxylation sites is 1. The molecule has 3 rings (SSSR count). The molecule has 2 aliphatic rings. The molecule has 2 unspecified atom stereocenters. The lowest BCUT2D eigenvalue weighted by Crippen LogP contribution is -2.25. The SMILES string of the molecule is CNC(=O)c1ccccc1NC(=O)C1CC2CC2C1. The maximum Gasteiger partial charge on any atom is 0.253 e. The molecule has 2 N–H and O–H groups in total. The van der Waals surface area contributed by atoms with Gasteiger partial charge in [0.05, 0.1) is 11.3 Å². The van der Waals surface area contributed by atoms with Gasteiger partial charge in [-0.1, -0.05) is 12.1 Å². The highest BCUT2D eigenvalue weighted by Crippen LogP contribution is 2.54. The van der Waals surface area contributed by atoms with Crippen molar-refractivity contribution in [2.45, 2.75) is 19.3 Å². The molecule has 4 heteroatoms. The Balaban J connectivity index is 1.72. The summed E-state index contributed by atoms with van der Waals surface area (Å²) in [6.45, 7) is 0. The van der Waals surface area contributed by atoms with Gasteiger partial charge in [0.25, 0.3) is 5.91 Å². The van der Waals surface area contributed by atoms with Crippen LogP contribution in [0.15, 0.2) is 24.3 Å². The third-order valence-corrected chi connectivity index (χ3v) is 4.27. The fraction of sp³-hybridized carbons (Fsp3) is 0.467. The minimum absolute atomic E-state index is 0.0588. The van der Waals surface area contributed by atoms with Crippen LogP contribution in [-0.2, 0) is 4.79 Å². The summed E-state index contributed by atoms with van der Waals surface area (Å²) in [5, 5.41) is 5.50. The van der Waals surface area contributed by atoms with Crippen molar-refractivity contribution < 1.29 is 9.59 Å². The summed E-state index contributed by atoms with van der Waals surface area (Å²) in [4.78, 5) is 23.9. The molecule has 0 aromatic heterocycles. The summed E-state index contributed by atoms with van der Waals surface area (Å²) >= 11 is 0. The average molecular weight is 258 g/mol. The van der Waals surface area contributed by atoms with Crippen molar-refractivity contribution >= 4 is 17.5 Å². The topological polar surface area (TPSA) is 58.2 Å². The molecule has 0 spiro atoms. The number of benzene rings is 1. The van der Waals surface area contributed by atoms with Gasteiger partial charge in [-0.3, -0.25) is 9.59 Å². The first-order chi connectivity index (χ1) is 9.19. The summed E-state index contributed by atoms with van der Waals surface area (Å²) in [6.07, 6.45) is 3.33. The number of carbonyl (C=O) groups excluding carboxylic acids is 2. The Bertz CT molecular complexity index is 517. The Morgan fingerprint density at radius 1 is 1.11 bits per heavy atom. The maximum absolute atomic E-state index is 12.2. The molecule has 2 fully saturated rings. The molecule has 1 aromatic carbocycles. The van der Waals surface area contributed by atoms with Crippen molar-refractivity contribution in [3.8, 4) is 0 Å². The molecule has 1 aromatic rings. The lowest BCUT2D eigenvalue weighted by molar-refractivity contribution is -0.120. The average Bonchev–Trinajstić information content (AvgIpc) is 3.05. The molecule has 2 amide bonds. The van der Waals surface area contributed by atoms with Crippen LogP contribution >= 0.6 is 0 Å². The van der Waals surface area contributed by atoms with E-state index in [2.05, 4.69) is 10.6 Å². The zero-order chi connectivity index (χ0) is 13.4. The van der Waals surface area contributed by atoms with Crippen molar-refractivity contribution in [1.29, 1.82) is 0 Å². The lowest BCUT2D eigenvalue weighted by atomic mass is 10.0. The van der Waals surface area contributed by atoms with Crippen LogP contribution in [0.4, 0.5) is 5.69 Å². The molecular weight excluding hydrogens is 240 g/mol. The minimum atomic E-state index is -0.176. The van der Waals surface area contributed by atoms with Gasteiger partial charge in [-0.2, -0.15) is 0 Å². The van der Waals surface area contributed by atoms with Crippen LogP contribution < -0.4 is 10.6 Å². The van der Waals surface area contributed by atoms with E-state index in [1.165, 1.54) is 6.42 Å². The van der Waals surface area contributed by atoms with Gasteiger partial charge in [-0.25, -0.2) is 0 Å². The van der Waals surface area contributed by atoms with Crippen LogP contribution in [-0.4, -0.2) is 18.9 Å². The number of fused-ring (bicyclic) bond motifs is 1. The van der Waals surface area contributed by atoms with Crippen LogP contribution in [0.5, 0.6) is 0 Å². The van der Waals surface area contributed by atoms with E-state index in [-0.39, 0.29) is 17.7 Å². The van der Waals surface area contributed by atoms with Gasteiger partial charge in [0.15, 0.2) is 0 Å². The van der Waals surface area contributed by atoms with E-state index in [0.29, 0.717) is 11.3 Å². The smallest absolute Gasteiger partial charge is 0.253 e. The predicted molar refractivity (Wildman–Crippen MR) is 72.8 cm³/mol. The monoisotopic (exact) mass is 258 g/mol. The molecule has 2 aliphatic carbocycles. The lowest BCUT2D eigenvalue weighted by Gasteiger charge is -2.14. The highest BCUT2D eigenvalue weighted by atomic mass is 16.2. The van der Waals surface area contributed by atoms with Gasteiger partial charge in [0, 0.05) is 13.0 Å². The first-order valence-corrected chi connectivity index (χ1v) is 6.81. The Morgan fingerprint density at radius 2 is 1.79 bits per heavy atom. The van der Waals surface area contributed by atoms with Gasteiger partial charge in [-0.15, -0.1) is 0 Å². The number of anilines is 1. The van der Waals surface area contributed by atoms with Gasteiger partial charge in [0.1, 0.15) is 0 Å². The molecule has 100 valence electrons. The third-order valence-electron chi connectivity index (χ3n) is 4.27. The van der Waals surface area contributed by atoms with E-state index in [9.17, 15) is 9.59 Å². The zero-order valence-electron chi connectivity index (χ0n) is 11.0. The number of hydrogen-bond donors (Lipinski definition) is 2. The fourth-order valence-electron chi connectivity index (χ4n) is 3.09. The number of carbonyl (C=O) groups is 2. The molecule has 0 aliphatic heterocycles. The Morgan fingerprint density at radius 3 is 2.47 bits per heavy atom. The molecule has 0 saturated heterocycles. The third kappa shape index (κ3) is 2.35. The molecule has 0 bridgehead atoms. The normalized spacial score (nSPS) is 27.5. The minimum Gasteiger partial charge on any atom is -0.355 e. The molecule has 0 heterocycles. The van der Waals surface area contributed by atoms with Crippen LogP contribution in [0.1, 0.15) is 29.6 Å². The van der Waals surface area contributed by atoms with E-state index < -0.39 is 0 Å². The summed E-state index contributed by atoms with van der Waals surface area (Å²) in [7, 11) is 1.59. The Hall–Kier alpha value is -1.84. The number of rotatable bonds is 3. The standard InChI is InChI=1S/C15H18N2O2/c1-16-15(19)12-4-2-3-5-13(12)17-14(18)11-7-9-6-10(9)8-11/h2-5,9-11H,6-8H2,1H3,(H,16,19)(H,17,18). The highest BCUT2D eigenvalue weighted by Gasteiger charge is 2.48. The first-order valence-electron chi connectivity index (χ1n) is 6.81. The van der Waals surface area contributed by atoms with E-state index >= 15 is 0 Å². The summed E-state index contributed by atoms with van der Waals surface area (Å²) in [6, 6.07) is 7.12. The Kier molecular flexibility index (Phi) is 3.01. The predicted octanol–water partition coefficient (Wildman–Crippen LogP) is 2.03. The first kappa shape index (κ1) is 12.2. The van der Waals surface area contributed by atoms with Gasteiger partial charge < -0.3 is 10.6 Å². The molecule has 2 saturated carbocycles. The van der Waals surface area contributed by atoms with Crippen molar-refractivity contribution in [3.05, 3.63) is 29.8 Å². The van der Waals surface area contributed by atoms with Crippen LogP contribution in [0.25, 0.3) is 0 Å². The molecule has 0 radical (unpaired) electrons. The Labute approximate surface area is 112 Å². The van der Waals surface area contributed by atoms with Gasteiger partial charge in [-0.05, 0) is 43.2 Å². The van der Waals surface area contributed by atoms with Gasteiger partial charge in [0.2, 0.25) is 5.91 Å². The highest BCUT2D eigenvalue weighted by molar-refractivity contribution is 6.04. The molecule has 4 nitrogen and oxygen atoms in total. The van der Waals surface area contributed by atoms with Crippen molar-refractivity contribution in [2.75, 3.05) is 12.4 Å². The van der Waals surface area contributed by atoms with E-state index in [4.69, 9.17) is 0 Å². The van der Waals surface area contributed by atoms with Crippen molar-refractivity contribution in [1.82, 2.24) is 5.32 Å². The molecular formula is C15H18N2O2. The summed E-state index contributed by atoms with van der Waals surface area (Å²) in [5.74, 6) is 1.57. The summed E-state index contributed by atoms with van der Waals surface area (Å²) < 4.78 is 0. The summed E-state index contributed by atoms with van der Waals surface area (Å²) in [5.41, 5.74) is 1.12. The number of hydrogen-bond acceptors (Lipinski definition) is 2. The fourth-order valence-corrected chi connectivity index (χ4v) is 3.09. The van der Waals surface area contributed by atoms with Crippen molar-refractivity contribution in [2.24, 2.45) is 17.8 Å². The second kappa shape index (κ2) is 4.68. The molecule has 2 atom stereocenters. The number of amides is 2. The van der Waals surface area contributed by atoms with Gasteiger partial charge >= 0.3 is 0 Å². The molecule has 19 heavy (non-hydrogen) atoms. The van der Waals surface area contributed by atoms with Crippen LogP contribution in [0, 0.1) is 17.8 Å². The van der Waals surface area contributed by atoms with E-state index in [0.717, 1.165) is 24.7 Å². The van der Waals surface area contributed by atoms with Crippen LogP contribution in [0.3, 0.4) is 0 Å².